The summed E-state index contributed by atoms with van der Waals surface area (Å²) in [7, 11) is 0. The Morgan fingerprint density at radius 2 is 2.17 bits per heavy atom. The van der Waals surface area contributed by atoms with Crippen LogP contribution >= 0.6 is 11.3 Å². The Morgan fingerprint density at radius 1 is 1.26 bits per heavy atom. The molecule has 5 heteroatoms. The maximum atomic E-state index is 5.80. The van der Waals surface area contributed by atoms with Crippen molar-refractivity contribution < 1.29 is 4.74 Å². The van der Waals surface area contributed by atoms with Crippen LogP contribution in [0.5, 0.6) is 0 Å². The van der Waals surface area contributed by atoms with E-state index in [2.05, 4.69) is 35.1 Å². The van der Waals surface area contributed by atoms with E-state index in [0.29, 0.717) is 0 Å². The zero-order chi connectivity index (χ0) is 15.6. The van der Waals surface area contributed by atoms with E-state index in [9.17, 15) is 0 Å². The van der Waals surface area contributed by atoms with Crippen LogP contribution in [-0.4, -0.2) is 28.7 Å². The van der Waals surface area contributed by atoms with Gasteiger partial charge in [-0.05, 0) is 43.3 Å². The van der Waals surface area contributed by atoms with Gasteiger partial charge in [0.25, 0.3) is 0 Å². The van der Waals surface area contributed by atoms with Crippen molar-refractivity contribution in [1.82, 2.24) is 9.97 Å². The molecule has 2 atom stereocenters. The van der Waals surface area contributed by atoms with Crippen molar-refractivity contribution in [2.75, 3.05) is 11.9 Å². The highest BCUT2D eigenvalue weighted by Gasteiger charge is 2.23. The second-order valence-corrected chi connectivity index (χ2v) is 6.69. The summed E-state index contributed by atoms with van der Waals surface area (Å²) in [6, 6.07) is 10.4. The third-order valence-electron chi connectivity index (χ3n) is 4.27. The first-order valence-electron chi connectivity index (χ1n) is 7.99. The number of aromatic nitrogens is 2. The zero-order valence-corrected chi connectivity index (χ0v) is 13.8. The van der Waals surface area contributed by atoms with Crippen LogP contribution in [0.15, 0.2) is 41.1 Å². The molecule has 3 aromatic rings. The summed E-state index contributed by atoms with van der Waals surface area (Å²) < 4.78 is 5.80. The molecule has 1 aliphatic rings. The van der Waals surface area contributed by atoms with E-state index < -0.39 is 0 Å². The maximum absolute atomic E-state index is 5.80. The predicted octanol–water partition coefficient (Wildman–Crippen LogP) is 4.34. The second-order valence-electron chi connectivity index (χ2n) is 5.91. The number of nitrogens with one attached hydrogen (secondary N) is 1. The Bertz CT molecular complexity index is 797. The third-order valence-corrected chi connectivity index (χ3v) is 4.95. The molecule has 1 aromatic carbocycles. The molecule has 0 radical (unpaired) electrons. The number of anilines is 1. The molecule has 2 aromatic heterocycles. The van der Waals surface area contributed by atoms with Crippen molar-refractivity contribution in [1.29, 1.82) is 0 Å². The van der Waals surface area contributed by atoms with E-state index in [1.807, 2.05) is 18.2 Å². The number of rotatable bonds is 4. The molecule has 1 aliphatic heterocycles. The fourth-order valence-corrected chi connectivity index (χ4v) is 3.65. The highest BCUT2D eigenvalue weighted by atomic mass is 32.1. The number of ether oxygens (including phenoxy) is 1. The lowest BCUT2D eigenvalue weighted by Gasteiger charge is -2.21. The lowest BCUT2D eigenvalue weighted by molar-refractivity contribution is 0.0996. The summed E-state index contributed by atoms with van der Waals surface area (Å²) in [5.41, 5.74) is 2.03. The van der Waals surface area contributed by atoms with Gasteiger partial charge in [-0.25, -0.2) is 9.97 Å². The first kappa shape index (κ1) is 14.6. The Kier molecular flexibility index (Phi) is 3.97. The van der Waals surface area contributed by atoms with Gasteiger partial charge >= 0.3 is 0 Å². The van der Waals surface area contributed by atoms with E-state index in [1.165, 1.54) is 0 Å². The monoisotopic (exact) mass is 325 g/mol. The molecule has 3 heterocycles. The molecule has 118 valence electrons. The number of thiophene rings is 1. The van der Waals surface area contributed by atoms with Crippen molar-refractivity contribution in [3.8, 4) is 11.4 Å². The smallest absolute Gasteiger partial charge is 0.162 e. The molecule has 0 bridgehead atoms. The van der Waals surface area contributed by atoms with Gasteiger partial charge in [-0.15, -0.1) is 0 Å². The topological polar surface area (TPSA) is 47.0 Å². The van der Waals surface area contributed by atoms with Crippen molar-refractivity contribution in [2.45, 2.75) is 31.9 Å². The minimum atomic E-state index is 0.228. The van der Waals surface area contributed by atoms with Gasteiger partial charge < -0.3 is 10.1 Å². The molecule has 4 nitrogen and oxygen atoms in total. The number of hydrogen-bond acceptors (Lipinski definition) is 5. The average molecular weight is 325 g/mol. The van der Waals surface area contributed by atoms with E-state index in [4.69, 9.17) is 14.7 Å². The fourth-order valence-electron chi connectivity index (χ4n) is 3.01. The van der Waals surface area contributed by atoms with Crippen molar-refractivity contribution >= 4 is 28.1 Å². The molecule has 0 amide bonds. The number of para-hydroxylation sites is 1. The molecule has 0 saturated carbocycles. The molecule has 23 heavy (non-hydrogen) atoms. The molecule has 0 spiro atoms. The Balaban J connectivity index is 1.74. The molecule has 1 N–H and O–H groups in total. The van der Waals surface area contributed by atoms with Crippen molar-refractivity contribution in [3.05, 3.63) is 41.1 Å². The lowest BCUT2D eigenvalue weighted by Crippen LogP contribution is -2.30. The third kappa shape index (κ3) is 2.94. The summed E-state index contributed by atoms with van der Waals surface area (Å²) in [5, 5.41) is 8.74. The average Bonchev–Trinajstić information content (AvgIpc) is 3.28. The van der Waals surface area contributed by atoms with Crippen LogP contribution in [0, 0.1) is 0 Å². The SMILES string of the molecule is CC(Nc1nc(-c2ccsc2)nc2ccccc12)C1CCCO1. The Morgan fingerprint density at radius 3 is 2.96 bits per heavy atom. The molecular weight excluding hydrogens is 306 g/mol. The van der Waals surface area contributed by atoms with Gasteiger partial charge in [0.1, 0.15) is 5.82 Å². The molecule has 2 unspecified atom stereocenters. The predicted molar refractivity (Wildman–Crippen MR) is 94.9 cm³/mol. The summed E-state index contributed by atoms with van der Waals surface area (Å²) >= 11 is 1.66. The minimum absolute atomic E-state index is 0.228. The Labute approximate surface area is 139 Å². The fraction of sp³-hybridized carbons (Fsp3) is 0.333. The van der Waals surface area contributed by atoms with Crippen LogP contribution in [0.4, 0.5) is 5.82 Å². The number of hydrogen-bond donors (Lipinski definition) is 1. The second kappa shape index (κ2) is 6.26. The minimum Gasteiger partial charge on any atom is -0.376 e. The number of nitrogens with zero attached hydrogens (tertiary/aromatic N) is 2. The largest absolute Gasteiger partial charge is 0.376 e. The van der Waals surface area contributed by atoms with Gasteiger partial charge in [0.2, 0.25) is 0 Å². The zero-order valence-electron chi connectivity index (χ0n) is 13.0. The van der Waals surface area contributed by atoms with Crippen molar-refractivity contribution in [2.24, 2.45) is 0 Å². The van der Waals surface area contributed by atoms with Gasteiger partial charge in [-0.3, -0.25) is 0 Å². The van der Waals surface area contributed by atoms with Gasteiger partial charge in [0.15, 0.2) is 5.82 Å². The van der Waals surface area contributed by atoms with Crippen molar-refractivity contribution in [3.63, 3.8) is 0 Å². The highest BCUT2D eigenvalue weighted by Crippen LogP contribution is 2.27. The normalized spacial score (nSPS) is 19.1. The van der Waals surface area contributed by atoms with E-state index in [-0.39, 0.29) is 12.1 Å². The molecular formula is C18H19N3OS. The molecule has 4 rings (SSSR count). The van der Waals surface area contributed by atoms with E-state index in [1.54, 1.807) is 11.3 Å². The van der Waals surface area contributed by atoms with Gasteiger partial charge in [-0.1, -0.05) is 12.1 Å². The Hall–Kier alpha value is -1.98. The summed E-state index contributed by atoms with van der Waals surface area (Å²) in [5.74, 6) is 1.66. The lowest BCUT2D eigenvalue weighted by atomic mass is 10.1. The first-order chi connectivity index (χ1) is 11.3. The van der Waals surface area contributed by atoms with Crippen LogP contribution in [0.3, 0.4) is 0 Å². The maximum Gasteiger partial charge on any atom is 0.162 e. The van der Waals surface area contributed by atoms with E-state index >= 15 is 0 Å². The summed E-state index contributed by atoms with van der Waals surface area (Å²) in [6.07, 6.45) is 2.50. The van der Waals surface area contributed by atoms with Crippen LogP contribution in [-0.2, 0) is 4.74 Å². The standard InChI is InChI=1S/C18H19N3OS/c1-12(16-7-4-9-22-16)19-18-14-5-2-3-6-15(14)20-17(21-18)13-8-10-23-11-13/h2-3,5-6,8,10-12,16H,4,7,9H2,1H3,(H,19,20,21). The van der Waals surface area contributed by atoms with Crippen LogP contribution in [0.1, 0.15) is 19.8 Å². The first-order valence-corrected chi connectivity index (χ1v) is 8.93. The number of benzene rings is 1. The van der Waals surface area contributed by atoms with Gasteiger partial charge in [0, 0.05) is 22.9 Å². The quantitative estimate of drug-likeness (QED) is 0.775. The van der Waals surface area contributed by atoms with Crippen LogP contribution in [0.2, 0.25) is 0 Å². The summed E-state index contributed by atoms with van der Waals surface area (Å²) in [6.45, 7) is 3.03. The van der Waals surface area contributed by atoms with E-state index in [0.717, 1.165) is 47.6 Å². The summed E-state index contributed by atoms with van der Waals surface area (Å²) in [4.78, 5) is 9.49. The van der Waals surface area contributed by atoms with Crippen LogP contribution in [0.25, 0.3) is 22.3 Å². The van der Waals surface area contributed by atoms with Gasteiger partial charge in [0.05, 0.1) is 17.7 Å². The molecule has 1 fully saturated rings. The van der Waals surface area contributed by atoms with Crippen LogP contribution < -0.4 is 5.32 Å². The highest BCUT2D eigenvalue weighted by molar-refractivity contribution is 7.08. The molecule has 0 aliphatic carbocycles. The van der Waals surface area contributed by atoms with Gasteiger partial charge in [-0.2, -0.15) is 11.3 Å². The molecule has 1 saturated heterocycles. The number of fused-ring (bicyclic) bond motifs is 1.